The molecule has 0 spiro atoms. The van der Waals surface area contributed by atoms with Crippen molar-refractivity contribution in [1.82, 2.24) is 10.2 Å². The second kappa shape index (κ2) is 9.71. The Labute approximate surface area is 178 Å². The Kier molecular flexibility index (Phi) is 6.81. The van der Waals surface area contributed by atoms with Crippen LogP contribution in [0.1, 0.15) is 23.1 Å². The number of benzene rings is 2. The number of nitrogens with zero attached hydrogens (tertiary/aromatic N) is 1. The maximum atomic E-state index is 13.3. The molecule has 0 radical (unpaired) electrons. The van der Waals surface area contributed by atoms with Crippen LogP contribution in [0.15, 0.2) is 66.8 Å². The van der Waals surface area contributed by atoms with Crippen molar-refractivity contribution >= 4 is 11.6 Å². The standard InChI is InChI=1S/C25H28ClFN2/c26-23-9-8-21-18-29(13-12-28-17-20-4-2-1-3-5-20)25(16-22(21)15-23)14-19-6-10-24(27)11-7-19/h1-4,6-11,15,20,25,28H,5,12-14,16-18H2. The lowest BCUT2D eigenvalue weighted by Gasteiger charge is -2.37. The summed E-state index contributed by atoms with van der Waals surface area (Å²) in [6.07, 6.45) is 11.8. The summed E-state index contributed by atoms with van der Waals surface area (Å²) in [7, 11) is 0. The van der Waals surface area contributed by atoms with E-state index in [1.54, 1.807) is 12.1 Å². The van der Waals surface area contributed by atoms with E-state index in [4.69, 9.17) is 11.6 Å². The van der Waals surface area contributed by atoms with Crippen LogP contribution in [0.3, 0.4) is 0 Å². The minimum atomic E-state index is -0.179. The zero-order valence-corrected chi connectivity index (χ0v) is 17.4. The van der Waals surface area contributed by atoms with Gasteiger partial charge in [-0.05, 0) is 66.1 Å². The Morgan fingerprint density at radius 1 is 1.07 bits per heavy atom. The molecule has 0 aromatic heterocycles. The largest absolute Gasteiger partial charge is 0.315 e. The van der Waals surface area contributed by atoms with Crippen LogP contribution >= 0.6 is 11.6 Å². The molecule has 2 nitrogen and oxygen atoms in total. The molecule has 29 heavy (non-hydrogen) atoms. The molecule has 0 amide bonds. The molecule has 0 fully saturated rings. The molecule has 2 aromatic carbocycles. The molecule has 1 aliphatic carbocycles. The first-order valence-corrected chi connectivity index (χ1v) is 10.8. The third kappa shape index (κ3) is 5.57. The summed E-state index contributed by atoms with van der Waals surface area (Å²) in [5.41, 5.74) is 3.89. The van der Waals surface area contributed by atoms with Crippen molar-refractivity contribution in [3.63, 3.8) is 0 Å². The van der Waals surface area contributed by atoms with Gasteiger partial charge in [0, 0.05) is 37.2 Å². The van der Waals surface area contributed by atoms with E-state index in [0.29, 0.717) is 12.0 Å². The average molecular weight is 411 g/mol. The zero-order valence-electron chi connectivity index (χ0n) is 16.7. The van der Waals surface area contributed by atoms with Crippen molar-refractivity contribution in [2.45, 2.75) is 31.8 Å². The number of nitrogens with one attached hydrogen (secondary N) is 1. The summed E-state index contributed by atoms with van der Waals surface area (Å²) >= 11 is 6.24. The molecule has 2 atom stereocenters. The molecule has 2 aromatic rings. The highest BCUT2D eigenvalue weighted by Gasteiger charge is 2.26. The van der Waals surface area contributed by atoms with Gasteiger partial charge in [-0.15, -0.1) is 0 Å². The summed E-state index contributed by atoms with van der Waals surface area (Å²) in [6.45, 7) is 3.92. The third-order valence-corrected chi connectivity index (χ3v) is 6.18. The highest BCUT2D eigenvalue weighted by molar-refractivity contribution is 6.30. The molecule has 152 valence electrons. The van der Waals surface area contributed by atoms with E-state index in [1.807, 2.05) is 18.2 Å². The highest BCUT2D eigenvalue weighted by Crippen LogP contribution is 2.27. The number of allylic oxidation sites excluding steroid dienone is 3. The predicted octanol–water partition coefficient (Wildman–Crippen LogP) is 5.17. The Morgan fingerprint density at radius 2 is 1.93 bits per heavy atom. The Morgan fingerprint density at radius 3 is 2.72 bits per heavy atom. The van der Waals surface area contributed by atoms with E-state index in [9.17, 15) is 4.39 Å². The molecule has 4 rings (SSSR count). The minimum Gasteiger partial charge on any atom is -0.315 e. The lowest BCUT2D eigenvalue weighted by atomic mass is 9.90. The predicted molar refractivity (Wildman–Crippen MR) is 119 cm³/mol. The van der Waals surface area contributed by atoms with Crippen molar-refractivity contribution in [3.05, 3.63) is 94.3 Å². The van der Waals surface area contributed by atoms with Crippen LogP contribution in [0.25, 0.3) is 0 Å². The van der Waals surface area contributed by atoms with E-state index in [1.165, 1.54) is 16.7 Å². The molecular weight excluding hydrogens is 383 g/mol. The Balaban J connectivity index is 1.40. The normalized spacial score (nSPS) is 21.3. The number of rotatable bonds is 7. The second-order valence-corrected chi connectivity index (χ2v) is 8.52. The van der Waals surface area contributed by atoms with Crippen LogP contribution in [0, 0.1) is 11.7 Å². The second-order valence-electron chi connectivity index (χ2n) is 8.09. The number of hydrogen-bond acceptors (Lipinski definition) is 2. The van der Waals surface area contributed by atoms with Crippen LogP contribution in [0.5, 0.6) is 0 Å². The Bertz CT molecular complexity index is 875. The lowest BCUT2D eigenvalue weighted by molar-refractivity contribution is 0.170. The Hall–Kier alpha value is -1.94. The van der Waals surface area contributed by atoms with E-state index in [2.05, 4.69) is 46.7 Å². The van der Waals surface area contributed by atoms with Crippen molar-refractivity contribution in [1.29, 1.82) is 0 Å². The van der Waals surface area contributed by atoms with Gasteiger partial charge < -0.3 is 5.32 Å². The molecule has 0 bridgehead atoms. The number of halogens is 2. The fourth-order valence-electron chi connectivity index (χ4n) is 4.32. The highest BCUT2D eigenvalue weighted by atomic mass is 35.5. The van der Waals surface area contributed by atoms with Crippen molar-refractivity contribution in [2.75, 3.05) is 19.6 Å². The van der Waals surface area contributed by atoms with Crippen molar-refractivity contribution in [2.24, 2.45) is 5.92 Å². The van der Waals surface area contributed by atoms with Gasteiger partial charge in [0.1, 0.15) is 5.82 Å². The van der Waals surface area contributed by atoms with E-state index in [-0.39, 0.29) is 5.82 Å². The van der Waals surface area contributed by atoms with Crippen LogP contribution in [-0.4, -0.2) is 30.6 Å². The summed E-state index contributed by atoms with van der Waals surface area (Å²) in [5.74, 6) is 0.418. The first-order chi connectivity index (χ1) is 14.2. The zero-order chi connectivity index (χ0) is 20.1. The van der Waals surface area contributed by atoms with Gasteiger partial charge in [0.2, 0.25) is 0 Å². The van der Waals surface area contributed by atoms with Gasteiger partial charge in [-0.2, -0.15) is 0 Å². The maximum Gasteiger partial charge on any atom is 0.123 e. The molecule has 0 saturated heterocycles. The van der Waals surface area contributed by atoms with Gasteiger partial charge >= 0.3 is 0 Å². The molecule has 1 heterocycles. The van der Waals surface area contributed by atoms with Crippen LogP contribution < -0.4 is 5.32 Å². The molecule has 2 aliphatic rings. The van der Waals surface area contributed by atoms with Crippen molar-refractivity contribution < 1.29 is 4.39 Å². The lowest BCUT2D eigenvalue weighted by Crippen LogP contribution is -2.45. The van der Waals surface area contributed by atoms with Crippen LogP contribution in [0.4, 0.5) is 4.39 Å². The first kappa shape index (κ1) is 20.3. The molecule has 0 saturated carbocycles. The first-order valence-electron chi connectivity index (χ1n) is 10.5. The monoisotopic (exact) mass is 410 g/mol. The fourth-order valence-corrected chi connectivity index (χ4v) is 4.51. The van der Waals surface area contributed by atoms with Gasteiger partial charge in [0.25, 0.3) is 0 Å². The van der Waals surface area contributed by atoms with Gasteiger partial charge in [-0.25, -0.2) is 4.39 Å². The van der Waals surface area contributed by atoms with E-state index >= 15 is 0 Å². The molecule has 1 N–H and O–H groups in total. The van der Waals surface area contributed by atoms with Crippen LogP contribution in [-0.2, 0) is 19.4 Å². The van der Waals surface area contributed by atoms with Gasteiger partial charge in [0.05, 0.1) is 0 Å². The summed E-state index contributed by atoms with van der Waals surface area (Å²) in [4.78, 5) is 2.56. The van der Waals surface area contributed by atoms with Crippen molar-refractivity contribution in [3.8, 4) is 0 Å². The third-order valence-electron chi connectivity index (χ3n) is 5.95. The summed E-state index contributed by atoms with van der Waals surface area (Å²) in [6, 6.07) is 13.6. The number of hydrogen-bond donors (Lipinski definition) is 1. The van der Waals surface area contributed by atoms with Crippen LogP contribution in [0.2, 0.25) is 5.02 Å². The SMILES string of the molecule is Fc1ccc(CC2Cc3cc(Cl)ccc3CN2CCNCC2C=CC=CC2)cc1. The number of fused-ring (bicyclic) bond motifs is 1. The topological polar surface area (TPSA) is 15.3 Å². The smallest absolute Gasteiger partial charge is 0.123 e. The minimum absolute atomic E-state index is 0.179. The molecule has 4 heteroatoms. The summed E-state index contributed by atoms with van der Waals surface area (Å²) < 4.78 is 13.3. The maximum absolute atomic E-state index is 13.3. The van der Waals surface area contributed by atoms with E-state index in [0.717, 1.165) is 50.5 Å². The molecule has 1 aliphatic heterocycles. The van der Waals surface area contributed by atoms with Gasteiger partial charge in [-0.3, -0.25) is 4.90 Å². The summed E-state index contributed by atoms with van der Waals surface area (Å²) in [5, 5.41) is 4.43. The molecular formula is C25H28ClFN2. The van der Waals surface area contributed by atoms with Gasteiger partial charge in [0.15, 0.2) is 0 Å². The van der Waals surface area contributed by atoms with E-state index < -0.39 is 0 Å². The van der Waals surface area contributed by atoms with Gasteiger partial charge in [-0.1, -0.05) is 54.1 Å². The fraction of sp³-hybridized carbons (Fsp3) is 0.360. The quantitative estimate of drug-likeness (QED) is 0.633. The molecule has 2 unspecified atom stereocenters. The average Bonchev–Trinajstić information content (AvgIpc) is 2.74.